The molecule has 0 aromatic carbocycles. The van der Waals surface area contributed by atoms with Gasteiger partial charge in [0.15, 0.2) is 0 Å². The number of hydrogen-bond donors (Lipinski definition) is 2. The minimum absolute atomic E-state index is 0.0838. The first-order valence-corrected chi connectivity index (χ1v) is 4.17. The summed E-state index contributed by atoms with van der Waals surface area (Å²) in [6.07, 6.45) is 0.993. The number of nitrogens with one attached hydrogen (secondary N) is 2. The first-order chi connectivity index (χ1) is 5.16. The number of carbonyl (C=O) groups excluding carboxylic acids is 1. The highest BCUT2D eigenvalue weighted by Crippen LogP contribution is 1.75. The van der Waals surface area contributed by atoms with E-state index < -0.39 is 0 Å². The van der Waals surface area contributed by atoms with Crippen molar-refractivity contribution in [3.05, 3.63) is 0 Å². The first-order valence-electron chi connectivity index (χ1n) is 4.17. The van der Waals surface area contributed by atoms with Crippen molar-refractivity contribution in [3.63, 3.8) is 0 Å². The average Bonchev–Trinajstić information content (AvgIpc) is 1.97. The van der Waals surface area contributed by atoms with Crippen LogP contribution in [-0.4, -0.2) is 25.0 Å². The monoisotopic (exact) mass is 158 g/mol. The summed E-state index contributed by atoms with van der Waals surface area (Å²) in [6, 6.07) is 0.377. The third-order valence-corrected chi connectivity index (χ3v) is 1.24. The van der Waals surface area contributed by atoms with Crippen LogP contribution in [0.5, 0.6) is 0 Å². The van der Waals surface area contributed by atoms with Gasteiger partial charge in [0.25, 0.3) is 0 Å². The van der Waals surface area contributed by atoms with Crippen molar-refractivity contribution in [2.75, 3.05) is 13.1 Å². The van der Waals surface area contributed by atoms with Crippen molar-refractivity contribution in [2.24, 2.45) is 0 Å². The van der Waals surface area contributed by atoms with Crippen LogP contribution in [0, 0.1) is 0 Å². The molecular weight excluding hydrogens is 140 g/mol. The molecule has 0 radical (unpaired) electrons. The summed E-state index contributed by atoms with van der Waals surface area (Å²) in [4.78, 5) is 10.9. The third-order valence-electron chi connectivity index (χ3n) is 1.24. The zero-order valence-electron chi connectivity index (χ0n) is 7.61. The minimum atomic E-state index is 0.0838. The van der Waals surface area contributed by atoms with Gasteiger partial charge < -0.3 is 10.6 Å². The maximum atomic E-state index is 10.9. The topological polar surface area (TPSA) is 41.1 Å². The van der Waals surface area contributed by atoms with E-state index in [1.165, 1.54) is 0 Å². The highest BCUT2D eigenvalue weighted by molar-refractivity contribution is 5.77. The number of hydrogen-bond acceptors (Lipinski definition) is 2. The second kappa shape index (κ2) is 6.16. The van der Waals surface area contributed by atoms with Gasteiger partial charge in [-0.2, -0.15) is 0 Å². The van der Waals surface area contributed by atoms with E-state index in [2.05, 4.69) is 10.6 Å². The first kappa shape index (κ1) is 10.4. The lowest BCUT2D eigenvalue weighted by atomic mass is 10.4. The molecule has 0 rings (SSSR count). The van der Waals surface area contributed by atoms with Crippen LogP contribution in [0.2, 0.25) is 0 Å². The molecule has 0 aliphatic rings. The number of amides is 1. The molecule has 0 saturated carbocycles. The molecule has 0 unspecified atom stereocenters. The van der Waals surface area contributed by atoms with Crippen LogP contribution >= 0.6 is 0 Å². The Hall–Kier alpha value is -0.570. The summed E-state index contributed by atoms with van der Waals surface area (Å²) in [5.41, 5.74) is 0. The lowest BCUT2D eigenvalue weighted by molar-refractivity contribution is -0.120. The van der Waals surface area contributed by atoms with Crippen LogP contribution in [0.1, 0.15) is 27.2 Å². The van der Waals surface area contributed by atoms with Crippen molar-refractivity contribution in [2.45, 2.75) is 33.2 Å². The molecule has 0 atom stereocenters. The molecule has 0 heterocycles. The summed E-state index contributed by atoms with van der Waals surface area (Å²) in [7, 11) is 0. The highest BCUT2D eigenvalue weighted by Gasteiger charge is 1.99. The van der Waals surface area contributed by atoms with E-state index in [9.17, 15) is 4.79 Å². The molecule has 0 aliphatic heterocycles. The summed E-state index contributed by atoms with van der Waals surface area (Å²) in [5, 5.41) is 5.83. The molecular formula is C8H18N2O. The van der Waals surface area contributed by atoms with Gasteiger partial charge in [-0.15, -0.1) is 0 Å². The molecule has 3 nitrogen and oxygen atoms in total. The van der Waals surface area contributed by atoms with Crippen LogP contribution in [-0.2, 0) is 4.79 Å². The zero-order valence-corrected chi connectivity index (χ0v) is 7.61. The van der Waals surface area contributed by atoms with Gasteiger partial charge in [-0.25, -0.2) is 0 Å². The Morgan fingerprint density at radius 1 is 1.45 bits per heavy atom. The van der Waals surface area contributed by atoms with Gasteiger partial charge >= 0.3 is 0 Å². The van der Waals surface area contributed by atoms with E-state index in [0.29, 0.717) is 12.6 Å². The molecule has 0 spiro atoms. The van der Waals surface area contributed by atoms with Crippen LogP contribution in [0.3, 0.4) is 0 Å². The lowest BCUT2D eigenvalue weighted by Crippen LogP contribution is -2.37. The Labute approximate surface area is 68.6 Å². The van der Waals surface area contributed by atoms with Crippen molar-refractivity contribution < 1.29 is 4.79 Å². The fraction of sp³-hybridized carbons (Fsp3) is 0.875. The molecule has 1 amide bonds. The van der Waals surface area contributed by atoms with E-state index in [0.717, 1.165) is 13.0 Å². The molecule has 0 saturated heterocycles. The second-order valence-corrected chi connectivity index (χ2v) is 2.89. The average molecular weight is 158 g/mol. The van der Waals surface area contributed by atoms with Crippen LogP contribution in [0.15, 0.2) is 0 Å². The fourth-order valence-corrected chi connectivity index (χ4v) is 0.624. The molecule has 2 N–H and O–H groups in total. The smallest absolute Gasteiger partial charge is 0.233 e. The van der Waals surface area contributed by atoms with Crippen molar-refractivity contribution in [1.82, 2.24) is 10.6 Å². The number of carbonyl (C=O) groups is 1. The van der Waals surface area contributed by atoms with E-state index in [1.807, 2.05) is 20.8 Å². The SMILES string of the molecule is CCCNC(=O)CNC(C)C. The molecule has 0 aromatic heterocycles. The number of rotatable bonds is 5. The van der Waals surface area contributed by atoms with E-state index in [-0.39, 0.29) is 5.91 Å². The Morgan fingerprint density at radius 2 is 2.09 bits per heavy atom. The molecule has 11 heavy (non-hydrogen) atoms. The van der Waals surface area contributed by atoms with Crippen molar-refractivity contribution in [1.29, 1.82) is 0 Å². The van der Waals surface area contributed by atoms with Gasteiger partial charge in [-0.05, 0) is 6.42 Å². The quantitative estimate of drug-likeness (QED) is 0.612. The largest absolute Gasteiger partial charge is 0.355 e. The van der Waals surface area contributed by atoms with Gasteiger partial charge in [0, 0.05) is 12.6 Å². The minimum Gasteiger partial charge on any atom is -0.355 e. The predicted octanol–water partition coefficient (Wildman–Crippen LogP) is 0.511. The highest BCUT2D eigenvalue weighted by atomic mass is 16.1. The van der Waals surface area contributed by atoms with Crippen molar-refractivity contribution in [3.8, 4) is 0 Å². The van der Waals surface area contributed by atoms with E-state index >= 15 is 0 Å². The Morgan fingerprint density at radius 3 is 2.55 bits per heavy atom. The standard InChI is InChI=1S/C8H18N2O/c1-4-5-9-8(11)6-10-7(2)3/h7,10H,4-6H2,1-3H3,(H,9,11). The summed E-state index contributed by atoms with van der Waals surface area (Å²) in [5.74, 6) is 0.0838. The fourth-order valence-electron chi connectivity index (χ4n) is 0.624. The van der Waals surface area contributed by atoms with Crippen molar-refractivity contribution >= 4 is 5.91 Å². The van der Waals surface area contributed by atoms with Gasteiger partial charge in [-0.1, -0.05) is 20.8 Å². The summed E-state index contributed by atoms with van der Waals surface area (Å²) < 4.78 is 0. The Balaban J connectivity index is 3.23. The lowest BCUT2D eigenvalue weighted by Gasteiger charge is -2.07. The Kier molecular flexibility index (Phi) is 5.84. The maximum absolute atomic E-state index is 10.9. The van der Waals surface area contributed by atoms with E-state index in [4.69, 9.17) is 0 Å². The second-order valence-electron chi connectivity index (χ2n) is 2.89. The molecule has 0 bridgehead atoms. The van der Waals surface area contributed by atoms with Crippen LogP contribution in [0.25, 0.3) is 0 Å². The summed E-state index contributed by atoms with van der Waals surface area (Å²) in [6.45, 7) is 7.28. The van der Waals surface area contributed by atoms with Gasteiger partial charge in [0.2, 0.25) is 5.91 Å². The van der Waals surface area contributed by atoms with Gasteiger partial charge in [0.1, 0.15) is 0 Å². The van der Waals surface area contributed by atoms with E-state index in [1.54, 1.807) is 0 Å². The third kappa shape index (κ3) is 7.33. The zero-order chi connectivity index (χ0) is 8.69. The molecule has 3 heteroatoms. The molecule has 0 aliphatic carbocycles. The molecule has 0 fully saturated rings. The van der Waals surface area contributed by atoms with Crippen LogP contribution in [0.4, 0.5) is 0 Å². The molecule has 0 aromatic rings. The summed E-state index contributed by atoms with van der Waals surface area (Å²) >= 11 is 0. The predicted molar refractivity (Wildman–Crippen MR) is 46.4 cm³/mol. The normalized spacial score (nSPS) is 10.2. The maximum Gasteiger partial charge on any atom is 0.233 e. The van der Waals surface area contributed by atoms with Crippen LogP contribution < -0.4 is 10.6 Å². The Bertz CT molecular complexity index is 113. The molecule has 66 valence electrons. The van der Waals surface area contributed by atoms with Gasteiger partial charge in [0.05, 0.1) is 6.54 Å². The van der Waals surface area contributed by atoms with Gasteiger partial charge in [-0.3, -0.25) is 4.79 Å².